The average Bonchev–Trinajstić information content (AvgIpc) is 2.99. The fourth-order valence-corrected chi connectivity index (χ4v) is 1.65. The van der Waals surface area contributed by atoms with Gasteiger partial charge in [-0.15, -0.1) is 0 Å². The van der Waals surface area contributed by atoms with E-state index in [1.807, 2.05) is 6.92 Å². The average molecular weight is 292 g/mol. The lowest BCUT2D eigenvalue weighted by atomic mass is 10.2. The summed E-state index contributed by atoms with van der Waals surface area (Å²) in [7, 11) is 0. The fraction of sp³-hybridized carbons (Fsp3) is 0.583. The maximum atomic E-state index is 8.96. The van der Waals surface area contributed by atoms with Gasteiger partial charge in [0.15, 0.2) is 0 Å². The van der Waals surface area contributed by atoms with Crippen molar-refractivity contribution in [3.8, 4) is 5.95 Å². The van der Waals surface area contributed by atoms with E-state index in [0.717, 1.165) is 13.0 Å². The molecule has 3 N–H and O–H groups in total. The molecule has 1 atom stereocenters. The number of aliphatic hydroxyl groups excluding tert-OH is 1. The fourth-order valence-electron chi connectivity index (χ4n) is 1.65. The van der Waals surface area contributed by atoms with Crippen molar-refractivity contribution >= 4 is 11.9 Å². The zero-order valence-corrected chi connectivity index (χ0v) is 12.2. The minimum absolute atomic E-state index is 0.0556. The molecule has 0 fully saturated rings. The molecule has 9 nitrogen and oxygen atoms in total. The summed E-state index contributed by atoms with van der Waals surface area (Å²) in [5.74, 6) is 1.31. The van der Waals surface area contributed by atoms with Gasteiger partial charge in [0.25, 0.3) is 5.95 Å². The Labute approximate surface area is 122 Å². The van der Waals surface area contributed by atoms with Crippen molar-refractivity contribution < 1.29 is 5.11 Å². The molecule has 2 rings (SSSR count). The van der Waals surface area contributed by atoms with Gasteiger partial charge in [-0.25, -0.2) is 4.98 Å². The second-order valence-electron chi connectivity index (χ2n) is 4.61. The lowest BCUT2D eigenvalue weighted by molar-refractivity contribution is 0.282. The molecule has 0 aliphatic heterocycles. The lowest BCUT2D eigenvalue weighted by Gasteiger charge is -2.14. The molecule has 9 heteroatoms. The first-order chi connectivity index (χ1) is 10.2. The first-order valence-corrected chi connectivity index (χ1v) is 6.95. The Balaban J connectivity index is 2.24. The third-order valence-electron chi connectivity index (χ3n) is 2.72. The summed E-state index contributed by atoms with van der Waals surface area (Å²) in [6.07, 6.45) is 4.53. The van der Waals surface area contributed by atoms with Gasteiger partial charge in [-0.1, -0.05) is 6.92 Å². The number of hydrogen-bond acceptors (Lipinski definition) is 8. The third-order valence-corrected chi connectivity index (χ3v) is 2.72. The van der Waals surface area contributed by atoms with Gasteiger partial charge in [-0.2, -0.15) is 24.7 Å². The molecule has 114 valence electrons. The monoisotopic (exact) mass is 292 g/mol. The second-order valence-corrected chi connectivity index (χ2v) is 4.61. The van der Waals surface area contributed by atoms with Crippen LogP contribution >= 0.6 is 0 Å². The van der Waals surface area contributed by atoms with E-state index in [0.29, 0.717) is 24.3 Å². The number of anilines is 2. The Morgan fingerprint density at radius 3 is 2.76 bits per heavy atom. The van der Waals surface area contributed by atoms with Gasteiger partial charge in [0.05, 0.1) is 0 Å². The predicted octanol–water partition coefficient (Wildman–Crippen LogP) is 0.457. The molecule has 0 amide bonds. The summed E-state index contributed by atoms with van der Waals surface area (Å²) < 4.78 is 1.47. The van der Waals surface area contributed by atoms with E-state index < -0.39 is 0 Å². The highest BCUT2D eigenvalue weighted by Crippen LogP contribution is 2.10. The standard InChI is InChI=1S/C12H20N8O/c1-3-5-14-10-17-11(16-9(2)4-6-21)19-12(18-10)20-8-13-7-15-20/h7-9,21H,3-6H2,1-2H3,(H2,14,16,17,18,19). The van der Waals surface area contributed by atoms with E-state index in [1.54, 1.807) is 0 Å². The first-order valence-electron chi connectivity index (χ1n) is 6.95. The molecule has 1 unspecified atom stereocenters. The number of nitrogens with zero attached hydrogens (tertiary/aromatic N) is 6. The zero-order chi connectivity index (χ0) is 15.1. The summed E-state index contributed by atoms with van der Waals surface area (Å²) in [6.45, 7) is 4.89. The number of hydrogen-bond donors (Lipinski definition) is 3. The highest BCUT2D eigenvalue weighted by Gasteiger charge is 2.10. The molecule has 21 heavy (non-hydrogen) atoms. The molecule has 0 spiro atoms. The topological polar surface area (TPSA) is 114 Å². The molecule has 0 saturated carbocycles. The summed E-state index contributed by atoms with van der Waals surface area (Å²) in [5.41, 5.74) is 0. The van der Waals surface area contributed by atoms with Crippen LogP contribution in [0.4, 0.5) is 11.9 Å². The largest absolute Gasteiger partial charge is 0.396 e. The summed E-state index contributed by atoms with van der Waals surface area (Å²) >= 11 is 0. The zero-order valence-electron chi connectivity index (χ0n) is 12.2. The van der Waals surface area contributed by atoms with E-state index in [1.165, 1.54) is 17.3 Å². The van der Waals surface area contributed by atoms with Crippen LogP contribution in [0.25, 0.3) is 5.95 Å². The minimum Gasteiger partial charge on any atom is -0.396 e. The van der Waals surface area contributed by atoms with Gasteiger partial charge >= 0.3 is 0 Å². The molecule has 0 saturated heterocycles. The molecule has 0 aromatic carbocycles. The van der Waals surface area contributed by atoms with E-state index in [2.05, 4.69) is 42.6 Å². The van der Waals surface area contributed by atoms with Crippen molar-refractivity contribution in [2.24, 2.45) is 0 Å². The van der Waals surface area contributed by atoms with Crippen LogP contribution in [-0.2, 0) is 0 Å². The van der Waals surface area contributed by atoms with Crippen LogP contribution < -0.4 is 10.6 Å². The normalized spacial score (nSPS) is 12.1. The van der Waals surface area contributed by atoms with Gasteiger partial charge in [-0.05, 0) is 19.8 Å². The van der Waals surface area contributed by atoms with Crippen molar-refractivity contribution in [1.29, 1.82) is 0 Å². The van der Waals surface area contributed by atoms with Crippen LogP contribution in [-0.4, -0.2) is 54.0 Å². The molecular formula is C12H20N8O. The molecule has 0 aliphatic carbocycles. The Kier molecular flexibility index (Phi) is 5.38. The van der Waals surface area contributed by atoms with Crippen LogP contribution in [0, 0.1) is 0 Å². The van der Waals surface area contributed by atoms with Crippen molar-refractivity contribution in [3.05, 3.63) is 12.7 Å². The number of nitrogens with one attached hydrogen (secondary N) is 2. The SMILES string of the molecule is CCCNc1nc(NC(C)CCO)nc(-n2cncn2)n1. The van der Waals surface area contributed by atoms with Crippen LogP contribution in [0.3, 0.4) is 0 Å². The number of aliphatic hydroxyl groups is 1. The molecule has 0 bridgehead atoms. The maximum absolute atomic E-state index is 8.96. The molecule has 2 aromatic heterocycles. The quantitative estimate of drug-likeness (QED) is 0.643. The third kappa shape index (κ3) is 4.35. The molecule has 0 radical (unpaired) electrons. The highest BCUT2D eigenvalue weighted by atomic mass is 16.3. The number of rotatable bonds is 8. The van der Waals surface area contributed by atoms with E-state index in [4.69, 9.17) is 5.11 Å². The maximum Gasteiger partial charge on any atom is 0.258 e. The van der Waals surface area contributed by atoms with Crippen molar-refractivity contribution in [2.45, 2.75) is 32.7 Å². The Hall–Kier alpha value is -2.29. The minimum atomic E-state index is 0.0556. The Bertz CT molecular complexity index is 544. The second kappa shape index (κ2) is 7.48. The lowest BCUT2D eigenvalue weighted by Crippen LogP contribution is -2.20. The molecule has 2 aromatic rings. The van der Waals surface area contributed by atoms with Crippen LogP contribution in [0.15, 0.2) is 12.7 Å². The van der Waals surface area contributed by atoms with E-state index in [9.17, 15) is 0 Å². The summed E-state index contributed by atoms with van der Waals surface area (Å²) in [6, 6.07) is 0.0556. The van der Waals surface area contributed by atoms with Gasteiger partial charge < -0.3 is 15.7 Å². The van der Waals surface area contributed by atoms with Gasteiger partial charge in [0.2, 0.25) is 11.9 Å². The van der Waals surface area contributed by atoms with E-state index >= 15 is 0 Å². The predicted molar refractivity (Wildman–Crippen MR) is 78.3 cm³/mol. The molecular weight excluding hydrogens is 272 g/mol. The van der Waals surface area contributed by atoms with Crippen molar-refractivity contribution in [3.63, 3.8) is 0 Å². The number of aromatic nitrogens is 6. The van der Waals surface area contributed by atoms with Crippen molar-refractivity contribution in [2.75, 3.05) is 23.8 Å². The smallest absolute Gasteiger partial charge is 0.258 e. The van der Waals surface area contributed by atoms with Crippen molar-refractivity contribution in [1.82, 2.24) is 29.7 Å². The van der Waals surface area contributed by atoms with Crippen LogP contribution in [0.5, 0.6) is 0 Å². The molecule has 0 aliphatic rings. The van der Waals surface area contributed by atoms with Gasteiger partial charge in [0.1, 0.15) is 12.7 Å². The highest BCUT2D eigenvalue weighted by molar-refractivity contribution is 5.38. The first kappa shape index (κ1) is 15.1. The Morgan fingerprint density at radius 1 is 1.29 bits per heavy atom. The molecule has 2 heterocycles. The Morgan fingerprint density at radius 2 is 2.10 bits per heavy atom. The van der Waals surface area contributed by atoms with Gasteiger partial charge in [-0.3, -0.25) is 0 Å². The van der Waals surface area contributed by atoms with Gasteiger partial charge in [0, 0.05) is 19.2 Å². The van der Waals surface area contributed by atoms with E-state index in [-0.39, 0.29) is 12.6 Å². The summed E-state index contributed by atoms with van der Waals surface area (Å²) in [4.78, 5) is 16.8. The summed E-state index contributed by atoms with van der Waals surface area (Å²) in [5, 5.41) is 19.3. The van der Waals surface area contributed by atoms with Crippen LogP contribution in [0.1, 0.15) is 26.7 Å². The van der Waals surface area contributed by atoms with Crippen LogP contribution in [0.2, 0.25) is 0 Å².